The third-order valence-corrected chi connectivity index (χ3v) is 3.90. The zero-order valence-electron chi connectivity index (χ0n) is 10.6. The maximum Gasteiger partial charge on any atom is 0.312 e. The zero-order chi connectivity index (χ0) is 15.2. The molecule has 1 rings (SSSR count). The second-order valence-electron chi connectivity index (χ2n) is 3.57. The molecule has 0 saturated heterocycles. The van der Waals surface area contributed by atoms with Crippen molar-refractivity contribution in [3.63, 3.8) is 0 Å². The Morgan fingerprint density at radius 1 is 1.45 bits per heavy atom. The van der Waals surface area contributed by atoms with E-state index in [2.05, 4.69) is 4.72 Å². The highest BCUT2D eigenvalue weighted by Gasteiger charge is 2.21. The molecule has 0 aromatic heterocycles. The van der Waals surface area contributed by atoms with Gasteiger partial charge in [-0.2, -0.15) is 0 Å². The first-order chi connectivity index (χ1) is 9.42. The lowest BCUT2D eigenvalue weighted by Crippen LogP contribution is -2.23. The number of halogens is 1. The third kappa shape index (κ3) is 4.19. The lowest BCUT2D eigenvalue weighted by molar-refractivity contribution is -0.386. The van der Waals surface area contributed by atoms with Crippen molar-refractivity contribution < 1.29 is 18.1 Å². The monoisotopic (exact) mass is 320 g/mol. The van der Waals surface area contributed by atoms with E-state index in [1.54, 1.807) is 12.2 Å². The number of alkyl halides is 1. The summed E-state index contributed by atoms with van der Waals surface area (Å²) in [5, 5.41) is 10.8. The molecule has 7 nitrogen and oxygen atoms in total. The van der Waals surface area contributed by atoms with E-state index < -0.39 is 20.6 Å². The van der Waals surface area contributed by atoms with Gasteiger partial charge in [-0.05, 0) is 12.1 Å². The minimum atomic E-state index is -3.83. The molecule has 20 heavy (non-hydrogen) atoms. The van der Waals surface area contributed by atoms with Crippen molar-refractivity contribution in [3.8, 4) is 5.75 Å². The lowest BCUT2D eigenvalue weighted by Gasteiger charge is -2.06. The standard InChI is InChI=1S/C11H13ClN2O5S/c1-19-11-5-4-9(8-10(11)14(15)16)20(17,18)13-7-3-2-6-12/h2-5,8,13H,6-7H2,1H3/b3-2+. The quantitative estimate of drug-likeness (QED) is 0.356. The van der Waals surface area contributed by atoms with Gasteiger partial charge in [0.1, 0.15) is 0 Å². The normalized spacial score (nSPS) is 11.7. The van der Waals surface area contributed by atoms with Gasteiger partial charge in [0.15, 0.2) is 5.75 Å². The molecule has 0 aliphatic carbocycles. The van der Waals surface area contributed by atoms with Crippen molar-refractivity contribution in [1.29, 1.82) is 0 Å². The summed E-state index contributed by atoms with van der Waals surface area (Å²) in [7, 11) is -2.56. The van der Waals surface area contributed by atoms with E-state index in [0.29, 0.717) is 0 Å². The molecular weight excluding hydrogens is 308 g/mol. The number of allylic oxidation sites excluding steroid dienone is 1. The summed E-state index contributed by atoms with van der Waals surface area (Å²) in [5.74, 6) is 0.270. The fourth-order valence-corrected chi connectivity index (χ4v) is 2.49. The summed E-state index contributed by atoms with van der Waals surface area (Å²) in [4.78, 5) is 9.94. The number of nitrogens with one attached hydrogen (secondary N) is 1. The number of methoxy groups -OCH3 is 1. The number of rotatable bonds is 7. The van der Waals surface area contributed by atoms with Crippen LogP contribution in [0.3, 0.4) is 0 Å². The van der Waals surface area contributed by atoms with E-state index in [-0.39, 0.29) is 23.1 Å². The minimum absolute atomic E-state index is 0.00372. The van der Waals surface area contributed by atoms with Crippen LogP contribution in [0.1, 0.15) is 0 Å². The molecule has 0 bridgehead atoms. The smallest absolute Gasteiger partial charge is 0.312 e. The number of nitro benzene ring substituents is 1. The molecule has 0 heterocycles. The van der Waals surface area contributed by atoms with Crippen LogP contribution < -0.4 is 9.46 Å². The van der Waals surface area contributed by atoms with Crippen LogP contribution in [0.25, 0.3) is 0 Å². The number of nitrogens with zero attached hydrogens (tertiary/aromatic N) is 1. The first-order valence-corrected chi connectivity index (χ1v) is 7.47. The number of nitro groups is 1. The average Bonchev–Trinajstić information content (AvgIpc) is 2.42. The number of hydrogen-bond donors (Lipinski definition) is 1. The summed E-state index contributed by atoms with van der Waals surface area (Å²) >= 11 is 5.40. The molecule has 110 valence electrons. The molecule has 9 heteroatoms. The van der Waals surface area contributed by atoms with Gasteiger partial charge in [0.25, 0.3) is 0 Å². The molecule has 0 aliphatic heterocycles. The van der Waals surface area contributed by atoms with Crippen LogP contribution in [-0.2, 0) is 10.0 Å². The van der Waals surface area contributed by atoms with E-state index in [1.165, 1.54) is 19.2 Å². The van der Waals surface area contributed by atoms with Gasteiger partial charge in [-0.25, -0.2) is 13.1 Å². The van der Waals surface area contributed by atoms with Gasteiger partial charge in [-0.15, -0.1) is 11.6 Å². The Hall–Kier alpha value is -1.64. The highest BCUT2D eigenvalue weighted by Crippen LogP contribution is 2.29. The Balaban J connectivity index is 3.04. The predicted molar refractivity (Wildman–Crippen MR) is 74.7 cm³/mol. The van der Waals surface area contributed by atoms with Crippen LogP contribution in [-0.4, -0.2) is 32.9 Å². The van der Waals surface area contributed by atoms with E-state index in [0.717, 1.165) is 6.07 Å². The minimum Gasteiger partial charge on any atom is -0.490 e. The predicted octanol–water partition coefficient (Wildman–Crippen LogP) is 1.68. The van der Waals surface area contributed by atoms with Crippen molar-refractivity contribution in [2.45, 2.75) is 4.90 Å². The van der Waals surface area contributed by atoms with E-state index in [1.807, 2.05) is 0 Å². The fraction of sp³-hybridized carbons (Fsp3) is 0.273. The molecule has 0 radical (unpaired) electrons. The van der Waals surface area contributed by atoms with E-state index >= 15 is 0 Å². The van der Waals surface area contributed by atoms with Crippen LogP contribution in [0.15, 0.2) is 35.2 Å². The SMILES string of the molecule is COc1ccc(S(=O)(=O)NC/C=C/CCl)cc1[N+](=O)[O-]. The van der Waals surface area contributed by atoms with Crippen LogP contribution in [0, 0.1) is 10.1 Å². The zero-order valence-corrected chi connectivity index (χ0v) is 12.1. The van der Waals surface area contributed by atoms with Crippen molar-refractivity contribution in [3.05, 3.63) is 40.5 Å². The summed E-state index contributed by atoms with van der Waals surface area (Å²) in [6.45, 7) is 0.0505. The van der Waals surface area contributed by atoms with Crippen molar-refractivity contribution in [2.75, 3.05) is 19.5 Å². The molecule has 0 atom stereocenters. The van der Waals surface area contributed by atoms with E-state index in [9.17, 15) is 18.5 Å². The van der Waals surface area contributed by atoms with Gasteiger partial charge in [0, 0.05) is 18.5 Å². The highest BCUT2D eigenvalue weighted by molar-refractivity contribution is 7.89. The Morgan fingerprint density at radius 2 is 2.15 bits per heavy atom. The number of sulfonamides is 1. The molecule has 0 amide bonds. The van der Waals surface area contributed by atoms with Crippen LogP contribution >= 0.6 is 11.6 Å². The van der Waals surface area contributed by atoms with Crippen LogP contribution in [0.4, 0.5) is 5.69 Å². The van der Waals surface area contributed by atoms with Crippen molar-refractivity contribution >= 4 is 27.3 Å². The summed E-state index contributed by atoms with van der Waals surface area (Å²) in [6.07, 6.45) is 3.13. The average molecular weight is 321 g/mol. The van der Waals surface area contributed by atoms with Gasteiger partial charge in [0.2, 0.25) is 10.0 Å². The Bertz CT molecular complexity index is 615. The topological polar surface area (TPSA) is 98.5 Å². The maximum absolute atomic E-state index is 11.9. The molecule has 0 fully saturated rings. The first kappa shape index (κ1) is 16.4. The van der Waals surface area contributed by atoms with Gasteiger partial charge in [-0.1, -0.05) is 12.2 Å². The molecule has 1 aromatic carbocycles. The number of hydrogen-bond acceptors (Lipinski definition) is 5. The number of benzene rings is 1. The molecule has 1 N–H and O–H groups in total. The van der Waals surface area contributed by atoms with Crippen molar-refractivity contribution in [1.82, 2.24) is 4.72 Å². The Labute approximate surface area is 121 Å². The van der Waals surface area contributed by atoms with Crippen LogP contribution in [0.5, 0.6) is 5.75 Å². The summed E-state index contributed by atoms with van der Waals surface area (Å²) in [6, 6.07) is 3.42. The molecule has 0 saturated carbocycles. The Morgan fingerprint density at radius 3 is 2.70 bits per heavy atom. The molecule has 0 unspecified atom stereocenters. The van der Waals surface area contributed by atoms with Crippen molar-refractivity contribution in [2.24, 2.45) is 0 Å². The molecule has 0 spiro atoms. The second kappa shape index (κ2) is 7.22. The van der Waals surface area contributed by atoms with Gasteiger partial charge >= 0.3 is 5.69 Å². The maximum atomic E-state index is 11.9. The fourth-order valence-electron chi connectivity index (χ4n) is 1.37. The molecule has 1 aromatic rings. The van der Waals surface area contributed by atoms with Crippen LogP contribution in [0.2, 0.25) is 0 Å². The second-order valence-corrected chi connectivity index (χ2v) is 5.64. The number of ether oxygens (including phenoxy) is 1. The van der Waals surface area contributed by atoms with E-state index in [4.69, 9.17) is 16.3 Å². The highest BCUT2D eigenvalue weighted by atomic mass is 35.5. The molecular formula is C11H13ClN2O5S. The summed E-state index contributed by atoms with van der Waals surface area (Å²) in [5.41, 5.74) is -0.410. The van der Waals surface area contributed by atoms with Gasteiger partial charge in [0.05, 0.1) is 16.9 Å². The van der Waals surface area contributed by atoms with Gasteiger partial charge < -0.3 is 4.74 Å². The lowest BCUT2D eigenvalue weighted by atomic mass is 10.3. The Kier molecular flexibility index (Phi) is 5.93. The summed E-state index contributed by atoms with van der Waals surface area (Å²) < 4.78 is 30.9. The van der Waals surface area contributed by atoms with Gasteiger partial charge in [-0.3, -0.25) is 10.1 Å². The first-order valence-electron chi connectivity index (χ1n) is 5.45. The largest absolute Gasteiger partial charge is 0.490 e. The third-order valence-electron chi connectivity index (χ3n) is 2.30. The molecule has 0 aliphatic rings.